The molecule has 0 aliphatic carbocycles. The molecule has 0 spiro atoms. The average Bonchev–Trinajstić information content (AvgIpc) is 2.55. The standard InChI is InChI=1S/C18H26N2O4/c1-4-11-24-15-7-5-14(6-8-15)16(21)9-10-17(22)19-12-18(23)20-13(2)3/h5-8,13H,4,9-12H2,1-3H3,(H,19,22)(H,20,23). The molecule has 0 atom stereocenters. The molecule has 0 aliphatic rings. The van der Waals surface area contributed by atoms with Crippen LogP contribution in [-0.2, 0) is 9.59 Å². The van der Waals surface area contributed by atoms with Gasteiger partial charge in [-0.2, -0.15) is 0 Å². The summed E-state index contributed by atoms with van der Waals surface area (Å²) in [7, 11) is 0. The highest BCUT2D eigenvalue weighted by Gasteiger charge is 2.11. The highest BCUT2D eigenvalue weighted by Crippen LogP contribution is 2.14. The molecule has 0 radical (unpaired) electrons. The lowest BCUT2D eigenvalue weighted by atomic mass is 10.1. The second-order valence-electron chi connectivity index (χ2n) is 5.79. The first kappa shape index (κ1) is 19.7. The summed E-state index contributed by atoms with van der Waals surface area (Å²) in [5.41, 5.74) is 0.546. The van der Waals surface area contributed by atoms with Gasteiger partial charge in [0.05, 0.1) is 13.2 Å². The molecule has 0 bridgehead atoms. The summed E-state index contributed by atoms with van der Waals surface area (Å²) in [6.07, 6.45) is 1.08. The Morgan fingerprint density at radius 2 is 1.71 bits per heavy atom. The predicted octanol–water partition coefficient (Wildman–Crippen LogP) is 2.08. The number of hydrogen-bond donors (Lipinski definition) is 2. The first-order valence-electron chi connectivity index (χ1n) is 8.24. The third kappa shape index (κ3) is 7.76. The van der Waals surface area contributed by atoms with Gasteiger partial charge >= 0.3 is 0 Å². The lowest BCUT2D eigenvalue weighted by Crippen LogP contribution is -2.39. The lowest BCUT2D eigenvalue weighted by molar-refractivity contribution is -0.126. The molecule has 0 unspecified atom stereocenters. The Balaban J connectivity index is 2.34. The molecule has 132 valence electrons. The summed E-state index contributed by atoms with van der Waals surface area (Å²) < 4.78 is 5.46. The summed E-state index contributed by atoms with van der Waals surface area (Å²) >= 11 is 0. The van der Waals surface area contributed by atoms with Crippen molar-refractivity contribution in [3.63, 3.8) is 0 Å². The molecule has 24 heavy (non-hydrogen) atoms. The van der Waals surface area contributed by atoms with Gasteiger partial charge in [-0.3, -0.25) is 14.4 Å². The molecular weight excluding hydrogens is 308 g/mol. The Bertz CT molecular complexity index is 553. The van der Waals surface area contributed by atoms with E-state index in [0.717, 1.165) is 12.2 Å². The predicted molar refractivity (Wildman–Crippen MR) is 92.1 cm³/mol. The van der Waals surface area contributed by atoms with Crippen molar-refractivity contribution in [1.82, 2.24) is 10.6 Å². The number of nitrogens with one attached hydrogen (secondary N) is 2. The number of ether oxygens (including phenoxy) is 1. The van der Waals surface area contributed by atoms with Gasteiger partial charge in [-0.05, 0) is 44.5 Å². The highest BCUT2D eigenvalue weighted by atomic mass is 16.5. The third-order valence-electron chi connectivity index (χ3n) is 3.12. The van der Waals surface area contributed by atoms with Crippen LogP contribution >= 0.6 is 0 Å². The number of benzene rings is 1. The van der Waals surface area contributed by atoms with E-state index >= 15 is 0 Å². The van der Waals surface area contributed by atoms with Crippen LogP contribution in [0.1, 0.15) is 50.4 Å². The smallest absolute Gasteiger partial charge is 0.239 e. The molecule has 0 heterocycles. The number of carbonyl (C=O) groups is 3. The Morgan fingerprint density at radius 1 is 1.04 bits per heavy atom. The molecule has 1 aromatic rings. The van der Waals surface area contributed by atoms with Crippen molar-refractivity contribution in [1.29, 1.82) is 0 Å². The van der Waals surface area contributed by atoms with Crippen LogP contribution in [0.4, 0.5) is 0 Å². The molecule has 2 amide bonds. The summed E-state index contributed by atoms with van der Waals surface area (Å²) in [5, 5.41) is 5.18. The van der Waals surface area contributed by atoms with Crippen molar-refractivity contribution in [2.24, 2.45) is 0 Å². The minimum atomic E-state index is -0.315. The van der Waals surface area contributed by atoms with Gasteiger partial charge in [0.15, 0.2) is 5.78 Å². The zero-order valence-electron chi connectivity index (χ0n) is 14.6. The van der Waals surface area contributed by atoms with Crippen molar-refractivity contribution >= 4 is 17.6 Å². The van der Waals surface area contributed by atoms with Gasteiger partial charge in [0.1, 0.15) is 5.75 Å². The SMILES string of the molecule is CCCOc1ccc(C(=O)CCC(=O)NCC(=O)NC(C)C)cc1. The fourth-order valence-corrected chi connectivity index (χ4v) is 1.97. The Hall–Kier alpha value is -2.37. The number of ketones is 1. The van der Waals surface area contributed by atoms with E-state index in [-0.39, 0.29) is 43.0 Å². The van der Waals surface area contributed by atoms with Crippen LogP contribution in [0.3, 0.4) is 0 Å². The van der Waals surface area contributed by atoms with Gasteiger partial charge in [-0.1, -0.05) is 6.92 Å². The van der Waals surface area contributed by atoms with Crippen molar-refractivity contribution in [3.05, 3.63) is 29.8 Å². The number of hydrogen-bond acceptors (Lipinski definition) is 4. The van der Waals surface area contributed by atoms with Gasteiger partial charge in [0.2, 0.25) is 11.8 Å². The van der Waals surface area contributed by atoms with Crippen LogP contribution in [0.15, 0.2) is 24.3 Å². The van der Waals surface area contributed by atoms with Crippen LogP contribution in [0.2, 0.25) is 0 Å². The van der Waals surface area contributed by atoms with Crippen LogP contribution in [0, 0.1) is 0 Å². The van der Waals surface area contributed by atoms with Crippen molar-refractivity contribution in [2.45, 2.75) is 46.1 Å². The van der Waals surface area contributed by atoms with Crippen LogP contribution in [-0.4, -0.2) is 36.8 Å². The Kier molecular flexibility index (Phi) is 8.54. The largest absolute Gasteiger partial charge is 0.494 e. The topological polar surface area (TPSA) is 84.5 Å². The molecule has 0 saturated heterocycles. The third-order valence-corrected chi connectivity index (χ3v) is 3.12. The normalized spacial score (nSPS) is 10.3. The minimum absolute atomic E-state index is 0.0280. The molecule has 0 aliphatic heterocycles. The minimum Gasteiger partial charge on any atom is -0.494 e. The summed E-state index contributed by atoms with van der Waals surface area (Å²) in [5.74, 6) is 0.0543. The first-order chi connectivity index (χ1) is 11.4. The summed E-state index contributed by atoms with van der Waals surface area (Å²) in [6.45, 7) is 6.27. The molecule has 0 aromatic heterocycles. The van der Waals surface area contributed by atoms with Gasteiger partial charge < -0.3 is 15.4 Å². The van der Waals surface area contributed by atoms with Crippen molar-refractivity contribution in [2.75, 3.05) is 13.2 Å². The second-order valence-corrected chi connectivity index (χ2v) is 5.79. The average molecular weight is 334 g/mol. The van der Waals surface area contributed by atoms with Gasteiger partial charge in [-0.25, -0.2) is 0 Å². The molecule has 6 nitrogen and oxygen atoms in total. The van der Waals surface area contributed by atoms with E-state index in [1.807, 2.05) is 20.8 Å². The van der Waals surface area contributed by atoms with Gasteiger partial charge in [0, 0.05) is 24.4 Å². The van der Waals surface area contributed by atoms with E-state index in [4.69, 9.17) is 4.74 Å². The molecule has 1 aromatic carbocycles. The Labute approximate surface area is 143 Å². The van der Waals surface area contributed by atoms with E-state index < -0.39 is 0 Å². The monoisotopic (exact) mass is 334 g/mol. The maximum atomic E-state index is 12.1. The highest BCUT2D eigenvalue weighted by molar-refractivity contribution is 5.98. The van der Waals surface area contributed by atoms with E-state index in [0.29, 0.717) is 12.2 Å². The zero-order valence-corrected chi connectivity index (χ0v) is 14.6. The number of rotatable bonds is 10. The van der Waals surface area contributed by atoms with Crippen molar-refractivity contribution in [3.8, 4) is 5.75 Å². The molecule has 6 heteroatoms. The molecule has 0 fully saturated rings. The molecule has 0 saturated carbocycles. The van der Waals surface area contributed by atoms with Crippen LogP contribution < -0.4 is 15.4 Å². The quantitative estimate of drug-likeness (QED) is 0.642. The fourth-order valence-electron chi connectivity index (χ4n) is 1.97. The second kappa shape index (κ2) is 10.4. The van der Waals surface area contributed by atoms with Crippen molar-refractivity contribution < 1.29 is 19.1 Å². The van der Waals surface area contributed by atoms with Crippen LogP contribution in [0.5, 0.6) is 5.75 Å². The summed E-state index contributed by atoms with van der Waals surface area (Å²) in [6, 6.07) is 6.92. The number of carbonyl (C=O) groups excluding carboxylic acids is 3. The fraction of sp³-hybridized carbons (Fsp3) is 0.500. The molecular formula is C18H26N2O4. The zero-order chi connectivity index (χ0) is 17.9. The molecule has 2 N–H and O–H groups in total. The Morgan fingerprint density at radius 3 is 2.29 bits per heavy atom. The van der Waals surface area contributed by atoms with Gasteiger partial charge in [0.25, 0.3) is 0 Å². The van der Waals surface area contributed by atoms with E-state index in [1.165, 1.54) is 0 Å². The number of Topliss-reactive ketones (excluding diaryl/α,β-unsaturated/α-hetero) is 1. The summed E-state index contributed by atoms with van der Waals surface area (Å²) in [4.78, 5) is 35.2. The number of amides is 2. The van der Waals surface area contributed by atoms with E-state index in [9.17, 15) is 14.4 Å². The van der Waals surface area contributed by atoms with E-state index in [2.05, 4.69) is 10.6 Å². The maximum Gasteiger partial charge on any atom is 0.239 e. The molecule has 1 rings (SSSR count). The first-order valence-corrected chi connectivity index (χ1v) is 8.24. The maximum absolute atomic E-state index is 12.1. The van der Waals surface area contributed by atoms with E-state index in [1.54, 1.807) is 24.3 Å². The lowest BCUT2D eigenvalue weighted by Gasteiger charge is -2.09. The van der Waals surface area contributed by atoms with Crippen LogP contribution in [0.25, 0.3) is 0 Å². The van der Waals surface area contributed by atoms with Gasteiger partial charge in [-0.15, -0.1) is 0 Å².